The summed E-state index contributed by atoms with van der Waals surface area (Å²) < 4.78 is 29.8. The van der Waals surface area contributed by atoms with E-state index in [1.165, 1.54) is 12.8 Å². The number of unbranched alkanes of at least 4 members (excludes halogenated alkanes) is 1. The number of aromatic nitrogens is 2. The molecule has 3 rings (SSSR count). The van der Waals surface area contributed by atoms with E-state index in [0.29, 0.717) is 18.0 Å². The van der Waals surface area contributed by atoms with E-state index in [2.05, 4.69) is 30.4 Å². The Morgan fingerprint density at radius 2 is 1.89 bits per heavy atom. The van der Waals surface area contributed by atoms with Crippen LogP contribution in [0.4, 0.5) is 0 Å². The second-order valence-electron chi connectivity index (χ2n) is 7.48. The van der Waals surface area contributed by atoms with Crippen LogP contribution in [0, 0.1) is 0 Å². The monoisotopic (exact) mass is 392 g/mol. The molecule has 0 amide bonds. The molecule has 1 aliphatic heterocycles. The highest BCUT2D eigenvalue weighted by atomic mass is 32.2. The third kappa shape index (κ3) is 4.36. The molecule has 2 heterocycles. The van der Waals surface area contributed by atoms with Crippen LogP contribution in [0.25, 0.3) is 11.0 Å². The van der Waals surface area contributed by atoms with Gasteiger partial charge in [0.25, 0.3) is 0 Å². The van der Waals surface area contributed by atoms with E-state index in [0.717, 1.165) is 55.8 Å². The van der Waals surface area contributed by atoms with Gasteiger partial charge < -0.3 is 4.57 Å². The molecule has 0 spiro atoms. The molecule has 0 atom stereocenters. The summed E-state index contributed by atoms with van der Waals surface area (Å²) in [5.74, 6) is 0.999. The van der Waals surface area contributed by atoms with Crippen LogP contribution < -0.4 is 0 Å². The zero-order valence-electron chi connectivity index (χ0n) is 16.8. The molecule has 0 radical (unpaired) electrons. The minimum Gasteiger partial charge on any atom is -0.327 e. The lowest BCUT2D eigenvalue weighted by Gasteiger charge is -2.25. The van der Waals surface area contributed by atoms with Crippen molar-refractivity contribution in [1.82, 2.24) is 18.8 Å². The largest absolute Gasteiger partial charge is 0.327 e. The number of hydrogen-bond donors (Lipinski definition) is 0. The average Bonchev–Trinajstić information content (AvgIpc) is 3.03. The number of rotatable bonds is 8. The summed E-state index contributed by atoms with van der Waals surface area (Å²) in [5, 5.41) is 0. The molecule has 0 unspecified atom stereocenters. The molecular formula is C20H32N4O2S. The molecule has 0 aliphatic carbocycles. The maximum absolute atomic E-state index is 13.0. The predicted molar refractivity (Wildman–Crippen MR) is 109 cm³/mol. The zero-order chi connectivity index (χ0) is 19.4. The van der Waals surface area contributed by atoms with Gasteiger partial charge >= 0.3 is 0 Å². The van der Waals surface area contributed by atoms with Gasteiger partial charge in [0.2, 0.25) is 10.0 Å². The zero-order valence-corrected chi connectivity index (χ0v) is 17.6. The summed E-state index contributed by atoms with van der Waals surface area (Å²) >= 11 is 0. The quantitative estimate of drug-likeness (QED) is 0.690. The fourth-order valence-corrected chi connectivity index (χ4v) is 5.33. The summed E-state index contributed by atoms with van der Waals surface area (Å²) in [6.45, 7) is 8.18. The molecule has 1 fully saturated rings. The Kier molecular flexibility index (Phi) is 6.55. The molecule has 1 saturated heterocycles. The average molecular weight is 393 g/mol. The van der Waals surface area contributed by atoms with Crippen molar-refractivity contribution in [2.24, 2.45) is 0 Å². The number of nitrogens with zero attached hydrogens (tertiary/aromatic N) is 4. The van der Waals surface area contributed by atoms with Gasteiger partial charge in [-0.3, -0.25) is 4.90 Å². The van der Waals surface area contributed by atoms with E-state index in [9.17, 15) is 8.42 Å². The van der Waals surface area contributed by atoms with Gasteiger partial charge in [-0.05, 0) is 58.0 Å². The summed E-state index contributed by atoms with van der Waals surface area (Å²) in [6, 6.07) is 5.41. The molecule has 0 saturated carbocycles. The summed E-state index contributed by atoms with van der Waals surface area (Å²) in [6.07, 6.45) is 5.34. The van der Waals surface area contributed by atoms with Crippen molar-refractivity contribution in [1.29, 1.82) is 0 Å². The van der Waals surface area contributed by atoms with E-state index < -0.39 is 10.0 Å². The predicted octanol–water partition coefficient (Wildman–Crippen LogP) is 3.46. The molecule has 2 aromatic rings. The smallest absolute Gasteiger partial charge is 0.243 e. The molecule has 1 aliphatic rings. The van der Waals surface area contributed by atoms with Gasteiger partial charge in [0, 0.05) is 19.6 Å². The Hall–Kier alpha value is -1.44. The van der Waals surface area contributed by atoms with Crippen molar-refractivity contribution in [2.45, 2.75) is 63.9 Å². The highest BCUT2D eigenvalue weighted by molar-refractivity contribution is 7.89. The molecule has 0 bridgehead atoms. The number of imidazole rings is 1. The second-order valence-corrected chi connectivity index (χ2v) is 9.42. The van der Waals surface area contributed by atoms with Gasteiger partial charge in [-0.15, -0.1) is 0 Å². The second kappa shape index (κ2) is 8.71. The SMILES string of the molecule is CCCCN(C)Cc1nc2cc(S(=O)(=O)N3CCCCC3)ccc2n1CC. The Morgan fingerprint density at radius 3 is 2.56 bits per heavy atom. The summed E-state index contributed by atoms with van der Waals surface area (Å²) in [7, 11) is -1.31. The van der Waals surface area contributed by atoms with Crippen LogP contribution in [0.2, 0.25) is 0 Å². The first-order valence-corrected chi connectivity index (χ1v) is 11.6. The fourth-order valence-electron chi connectivity index (χ4n) is 3.80. The van der Waals surface area contributed by atoms with Gasteiger partial charge in [-0.2, -0.15) is 4.31 Å². The van der Waals surface area contributed by atoms with Gasteiger partial charge in [0.05, 0.1) is 22.5 Å². The van der Waals surface area contributed by atoms with E-state index in [1.807, 2.05) is 6.07 Å². The molecule has 1 aromatic heterocycles. The first kappa shape index (κ1) is 20.3. The van der Waals surface area contributed by atoms with Crippen LogP contribution in [0.1, 0.15) is 51.8 Å². The molecule has 27 heavy (non-hydrogen) atoms. The number of benzene rings is 1. The highest BCUT2D eigenvalue weighted by Crippen LogP contribution is 2.25. The molecule has 0 N–H and O–H groups in total. The lowest BCUT2D eigenvalue weighted by Crippen LogP contribution is -2.35. The summed E-state index contributed by atoms with van der Waals surface area (Å²) in [4.78, 5) is 7.43. The summed E-state index contributed by atoms with van der Waals surface area (Å²) in [5.41, 5.74) is 1.78. The van der Waals surface area contributed by atoms with Crippen molar-refractivity contribution < 1.29 is 8.42 Å². The van der Waals surface area contributed by atoms with Gasteiger partial charge in [-0.1, -0.05) is 19.8 Å². The Morgan fingerprint density at radius 1 is 1.15 bits per heavy atom. The maximum Gasteiger partial charge on any atom is 0.243 e. The Labute approximate surface area is 163 Å². The molecule has 1 aromatic carbocycles. The minimum absolute atomic E-state index is 0.364. The molecule has 150 valence electrons. The van der Waals surface area contributed by atoms with E-state index in [1.54, 1.807) is 16.4 Å². The molecule has 7 heteroatoms. The molecular weight excluding hydrogens is 360 g/mol. The van der Waals surface area contributed by atoms with Crippen LogP contribution in [0.3, 0.4) is 0 Å². The standard InChI is InChI=1S/C20H32N4O2S/c1-4-6-12-22(3)16-20-21-18-15-17(10-11-19(18)24(20)5-2)27(25,26)23-13-8-7-9-14-23/h10-11,15H,4-9,12-14,16H2,1-3H3. The molecule has 6 nitrogen and oxygen atoms in total. The normalized spacial score (nSPS) is 16.4. The third-order valence-electron chi connectivity index (χ3n) is 5.37. The van der Waals surface area contributed by atoms with Crippen molar-refractivity contribution in [2.75, 3.05) is 26.7 Å². The van der Waals surface area contributed by atoms with E-state index in [4.69, 9.17) is 4.98 Å². The topological polar surface area (TPSA) is 58.4 Å². The van der Waals surface area contributed by atoms with E-state index in [-0.39, 0.29) is 0 Å². The number of piperidine rings is 1. The van der Waals surface area contributed by atoms with Crippen molar-refractivity contribution in [3.05, 3.63) is 24.0 Å². The number of fused-ring (bicyclic) bond motifs is 1. The fraction of sp³-hybridized carbons (Fsp3) is 0.650. The van der Waals surface area contributed by atoms with Crippen LogP contribution in [0.5, 0.6) is 0 Å². The minimum atomic E-state index is -3.43. The van der Waals surface area contributed by atoms with Crippen molar-refractivity contribution in [3.8, 4) is 0 Å². The lowest BCUT2D eigenvalue weighted by molar-refractivity contribution is 0.308. The van der Waals surface area contributed by atoms with Crippen LogP contribution in [-0.2, 0) is 23.1 Å². The number of sulfonamides is 1. The van der Waals surface area contributed by atoms with Crippen molar-refractivity contribution >= 4 is 21.1 Å². The van der Waals surface area contributed by atoms with Crippen LogP contribution >= 0.6 is 0 Å². The lowest BCUT2D eigenvalue weighted by atomic mass is 10.2. The number of aryl methyl sites for hydroxylation is 1. The highest BCUT2D eigenvalue weighted by Gasteiger charge is 2.26. The van der Waals surface area contributed by atoms with Crippen LogP contribution in [-0.4, -0.2) is 53.9 Å². The number of hydrogen-bond acceptors (Lipinski definition) is 4. The van der Waals surface area contributed by atoms with Gasteiger partial charge in [-0.25, -0.2) is 13.4 Å². The van der Waals surface area contributed by atoms with Gasteiger partial charge in [0.15, 0.2) is 0 Å². The third-order valence-corrected chi connectivity index (χ3v) is 7.27. The van der Waals surface area contributed by atoms with Gasteiger partial charge in [0.1, 0.15) is 5.82 Å². The first-order valence-electron chi connectivity index (χ1n) is 10.1. The first-order chi connectivity index (χ1) is 13.0. The Balaban J connectivity index is 1.91. The van der Waals surface area contributed by atoms with E-state index >= 15 is 0 Å². The van der Waals surface area contributed by atoms with Crippen molar-refractivity contribution in [3.63, 3.8) is 0 Å². The maximum atomic E-state index is 13.0. The Bertz CT molecular complexity index is 869. The van der Waals surface area contributed by atoms with Crippen LogP contribution in [0.15, 0.2) is 23.1 Å².